The minimum absolute atomic E-state index is 0.000556. The fourth-order valence-electron chi connectivity index (χ4n) is 2.54. The van der Waals surface area contributed by atoms with Crippen molar-refractivity contribution in [2.75, 3.05) is 13.2 Å². The Balaban J connectivity index is 2.18. The summed E-state index contributed by atoms with van der Waals surface area (Å²) in [5.74, 6) is -0.000556. The van der Waals surface area contributed by atoms with Crippen molar-refractivity contribution in [2.24, 2.45) is 0 Å². The molecule has 1 atom stereocenters. The van der Waals surface area contributed by atoms with Gasteiger partial charge in [-0.1, -0.05) is 30.7 Å². The smallest absolute Gasteiger partial charge is 0.267 e. The summed E-state index contributed by atoms with van der Waals surface area (Å²) >= 11 is 1.18. The first-order valence-electron chi connectivity index (χ1n) is 7.01. The van der Waals surface area contributed by atoms with E-state index in [1.807, 2.05) is 4.90 Å². The molecule has 5 nitrogen and oxygen atoms in total. The maximum atomic E-state index is 12.6. The van der Waals surface area contributed by atoms with E-state index in [1.54, 1.807) is 0 Å². The van der Waals surface area contributed by atoms with Crippen LogP contribution in [0.3, 0.4) is 0 Å². The van der Waals surface area contributed by atoms with Gasteiger partial charge >= 0.3 is 0 Å². The second kappa shape index (κ2) is 6.96. The van der Waals surface area contributed by atoms with Gasteiger partial charge < -0.3 is 10.0 Å². The molecule has 0 bridgehead atoms. The Hall–Kier alpha value is -1.01. The quantitative estimate of drug-likeness (QED) is 0.916. The van der Waals surface area contributed by atoms with Crippen LogP contribution in [0.2, 0.25) is 0 Å². The van der Waals surface area contributed by atoms with Gasteiger partial charge in [-0.15, -0.1) is 5.10 Å². The van der Waals surface area contributed by atoms with E-state index in [2.05, 4.69) is 16.5 Å². The maximum absolute atomic E-state index is 12.6. The highest BCUT2D eigenvalue weighted by atomic mass is 32.1. The van der Waals surface area contributed by atoms with Crippen molar-refractivity contribution in [3.05, 3.63) is 10.6 Å². The van der Waals surface area contributed by atoms with Crippen molar-refractivity contribution in [2.45, 2.75) is 51.5 Å². The van der Waals surface area contributed by atoms with Crippen molar-refractivity contribution >= 4 is 17.4 Å². The van der Waals surface area contributed by atoms with Crippen LogP contribution in [0.1, 0.15) is 54.4 Å². The molecule has 1 amide bonds. The van der Waals surface area contributed by atoms with Gasteiger partial charge in [0.1, 0.15) is 4.88 Å². The van der Waals surface area contributed by atoms with Crippen molar-refractivity contribution in [3.8, 4) is 0 Å². The highest BCUT2D eigenvalue weighted by Crippen LogP contribution is 2.22. The zero-order valence-corrected chi connectivity index (χ0v) is 12.2. The van der Waals surface area contributed by atoms with Gasteiger partial charge in [0.2, 0.25) is 0 Å². The lowest BCUT2D eigenvalue weighted by molar-refractivity contribution is 0.0603. The van der Waals surface area contributed by atoms with Crippen LogP contribution in [0, 0.1) is 0 Å². The first kappa shape index (κ1) is 14.4. The molecule has 0 aromatic carbocycles. The minimum atomic E-state index is -0.0495. The molecule has 6 heteroatoms. The van der Waals surface area contributed by atoms with Crippen LogP contribution < -0.4 is 0 Å². The minimum Gasteiger partial charge on any atom is -0.394 e. The van der Waals surface area contributed by atoms with Gasteiger partial charge in [-0.25, -0.2) is 0 Å². The Labute approximate surface area is 117 Å². The molecule has 0 saturated carbocycles. The van der Waals surface area contributed by atoms with Crippen LogP contribution in [-0.2, 0) is 6.42 Å². The third-order valence-electron chi connectivity index (χ3n) is 3.59. The van der Waals surface area contributed by atoms with Crippen LogP contribution >= 0.6 is 11.5 Å². The summed E-state index contributed by atoms with van der Waals surface area (Å²) in [5.41, 5.74) is 0.804. The van der Waals surface area contributed by atoms with Crippen LogP contribution in [-0.4, -0.2) is 44.7 Å². The van der Waals surface area contributed by atoms with Crippen LogP contribution in [0.4, 0.5) is 0 Å². The number of nitrogens with zero attached hydrogens (tertiary/aromatic N) is 3. The normalized spacial score (nSPS) is 20.3. The molecule has 0 aliphatic carbocycles. The van der Waals surface area contributed by atoms with E-state index in [0.29, 0.717) is 4.88 Å². The fraction of sp³-hybridized carbons (Fsp3) is 0.769. The first-order chi connectivity index (χ1) is 9.27. The van der Waals surface area contributed by atoms with Gasteiger partial charge in [0, 0.05) is 6.54 Å². The zero-order valence-electron chi connectivity index (χ0n) is 11.3. The number of likely N-dealkylation sites (tertiary alicyclic amines) is 1. The van der Waals surface area contributed by atoms with E-state index in [9.17, 15) is 9.90 Å². The van der Waals surface area contributed by atoms with E-state index in [-0.39, 0.29) is 18.6 Å². The first-order valence-corrected chi connectivity index (χ1v) is 7.78. The highest BCUT2D eigenvalue weighted by molar-refractivity contribution is 7.08. The number of carbonyl (C=O) groups excluding carboxylic acids is 1. The van der Waals surface area contributed by atoms with E-state index in [0.717, 1.165) is 50.8 Å². The number of aliphatic hydroxyl groups excluding tert-OH is 1. The monoisotopic (exact) mass is 283 g/mol. The standard InChI is InChI=1S/C13H21N3O2S/c1-2-6-11-12(19-15-14-11)13(18)16-8-5-3-4-7-10(16)9-17/h10,17H,2-9H2,1H3. The van der Waals surface area contributed by atoms with Gasteiger partial charge in [0.15, 0.2) is 0 Å². The Bertz CT molecular complexity index is 422. The molecule has 19 heavy (non-hydrogen) atoms. The number of aliphatic hydroxyl groups is 1. The van der Waals surface area contributed by atoms with Crippen LogP contribution in [0.15, 0.2) is 0 Å². The van der Waals surface area contributed by atoms with Gasteiger partial charge in [0.25, 0.3) is 5.91 Å². The van der Waals surface area contributed by atoms with Gasteiger partial charge in [-0.2, -0.15) is 0 Å². The van der Waals surface area contributed by atoms with E-state index >= 15 is 0 Å². The number of aryl methyl sites for hydroxylation is 1. The molecular weight excluding hydrogens is 262 g/mol. The Morgan fingerprint density at radius 1 is 1.47 bits per heavy atom. The molecule has 2 rings (SSSR count). The number of rotatable bonds is 4. The summed E-state index contributed by atoms with van der Waals surface area (Å²) in [6.45, 7) is 2.84. The second-order valence-corrected chi connectivity index (χ2v) is 5.74. The summed E-state index contributed by atoms with van der Waals surface area (Å²) in [6.07, 6.45) is 5.85. The summed E-state index contributed by atoms with van der Waals surface area (Å²) in [5, 5.41) is 13.5. The number of aromatic nitrogens is 2. The predicted molar refractivity (Wildman–Crippen MR) is 74.3 cm³/mol. The molecule has 1 aliphatic heterocycles. The molecule has 1 fully saturated rings. The lowest BCUT2D eigenvalue weighted by Crippen LogP contribution is -2.42. The number of hydrogen-bond donors (Lipinski definition) is 1. The van der Waals surface area contributed by atoms with Crippen LogP contribution in [0.5, 0.6) is 0 Å². The van der Waals surface area contributed by atoms with E-state index < -0.39 is 0 Å². The third-order valence-corrected chi connectivity index (χ3v) is 4.34. The topological polar surface area (TPSA) is 66.3 Å². The van der Waals surface area contributed by atoms with Crippen molar-refractivity contribution in [3.63, 3.8) is 0 Å². The second-order valence-electron chi connectivity index (χ2n) is 4.98. The molecule has 0 spiro atoms. The Morgan fingerprint density at radius 3 is 3.05 bits per heavy atom. The number of amides is 1. The van der Waals surface area contributed by atoms with Crippen molar-refractivity contribution in [1.82, 2.24) is 14.5 Å². The van der Waals surface area contributed by atoms with Crippen LogP contribution in [0.25, 0.3) is 0 Å². The molecule has 0 radical (unpaired) electrons. The molecule has 106 valence electrons. The molecule has 1 aliphatic rings. The lowest BCUT2D eigenvalue weighted by atomic mass is 10.1. The largest absolute Gasteiger partial charge is 0.394 e. The number of carbonyl (C=O) groups is 1. The maximum Gasteiger partial charge on any atom is 0.267 e. The Morgan fingerprint density at radius 2 is 2.32 bits per heavy atom. The SMILES string of the molecule is CCCc1nnsc1C(=O)N1CCCCCC1CO. The summed E-state index contributed by atoms with van der Waals surface area (Å²) in [7, 11) is 0. The molecule has 1 saturated heterocycles. The highest BCUT2D eigenvalue weighted by Gasteiger charge is 2.28. The fourth-order valence-corrected chi connectivity index (χ4v) is 3.20. The summed E-state index contributed by atoms with van der Waals surface area (Å²) < 4.78 is 3.91. The molecule has 1 N–H and O–H groups in total. The van der Waals surface area contributed by atoms with Crippen molar-refractivity contribution in [1.29, 1.82) is 0 Å². The summed E-state index contributed by atoms with van der Waals surface area (Å²) in [4.78, 5) is 15.1. The molecular formula is C13H21N3O2S. The van der Waals surface area contributed by atoms with E-state index in [4.69, 9.17) is 0 Å². The van der Waals surface area contributed by atoms with Gasteiger partial charge in [-0.05, 0) is 30.8 Å². The molecule has 1 aromatic heterocycles. The summed E-state index contributed by atoms with van der Waals surface area (Å²) in [6, 6.07) is -0.0495. The predicted octanol–water partition coefficient (Wildman–Crippen LogP) is 1.87. The Kier molecular flexibility index (Phi) is 5.27. The van der Waals surface area contributed by atoms with Crippen molar-refractivity contribution < 1.29 is 9.90 Å². The zero-order chi connectivity index (χ0) is 13.7. The molecule has 1 unspecified atom stereocenters. The third kappa shape index (κ3) is 3.30. The van der Waals surface area contributed by atoms with E-state index in [1.165, 1.54) is 11.5 Å². The number of hydrogen-bond acceptors (Lipinski definition) is 5. The van der Waals surface area contributed by atoms with Gasteiger partial charge in [-0.3, -0.25) is 4.79 Å². The molecule has 1 aromatic rings. The average Bonchev–Trinajstić information content (AvgIpc) is 2.74. The lowest BCUT2D eigenvalue weighted by Gasteiger charge is -2.28. The molecule has 2 heterocycles. The average molecular weight is 283 g/mol. The van der Waals surface area contributed by atoms with Gasteiger partial charge in [0.05, 0.1) is 18.3 Å².